The van der Waals surface area contributed by atoms with Crippen molar-refractivity contribution in [1.82, 2.24) is 0 Å². The van der Waals surface area contributed by atoms with E-state index in [0.717, 1.165) is 0 Å². The zero-order valence-electron chi connectivity index (χ0n) is 16.6. The number of carboxylic acids is 4. The number of hydrogen-bond acceptors (Lipinski definition) is 8. The maximum absolute atomic E-state index is 9.26. The molecule has 0 atom stereocenters. The van der Waals surface area contributed by atoms with Crippen molar-refractivity contribution in [2.75, 3.05) is 0 Å². The van der Waals surface area contributed by atoms with Crippen LogP contribution in [-0.4, -0.2) is 46.9 Å². The fourth-order valence-corrected chi connectivity index (χ4v) is 1.19. The van der Waals surface area contributed by atoms with Crippen molar-refractivity contribution < 1.29 is 39.6 Å². The van der Waals surface area contributed by atoms with Gasteiger partial charge in [-0.25, -0.2) is 0 Å². The molecule has 0 bridgehead atoms. The Labute approximate surface area is 180 Å². The van der Waals surface area contributed by atoms with Gasteiger partial charge in [0.15, 0.2) is 0 Å². The van der Waals surface area contributed by atoms with E-state index in [2.05, 4.69) is 24.3 Å². The van der Waals surface area contributed by atoms with E-state index in [1.807, 2.05) is 29.1 Å². The Morgan fingerprint density at radius 1 is 0.643 bits per heavy atom. The van der Waals surface area contributed by atoms with E-state index in [0.29, 0.717) is 0 Å². The molecule has 0 aromatic heterocycles. The quantitative estimate of drug-likeness (QED) is 0.413. The average molecular weight is 505 g/mol. The fraction of sp³-hybridized carbons (Fsp3) is 0.474. The number of carbonyl (C=O) groups is 4. The summed E-state index contributed by atoms with van der Waals surface area (Å²) in [6, 6.07) is 10.5. The van der Waals surface area contributed by atoms with Crippen LogP contribution in [0.1, 0.15) is 58.9 Å². The molecule has 0 amide bonds. The molecule has 0 aliphatic heterocycles. The van der Waals surface area contributed by atoms with E-state index < -0.39 is 23.9 Å². The van der Waals surface area contributed by atoms with E-state index in [9.17, 15) is 39.6 Å². The third-order valence-electron chi connectivity index (χ3n) is 2.18. The summed E-state index contributed by atoms with van der Waals surface area (Å²) >= 11 is 1.84. The predicted octanol–water partition coefficient (Wildman–Crippen LogP) is -2.06. The van der Waals surface area contributed by atoms with Crippen molar-refractivity contribution in [3.8, 4) is 0 Å². The normalized spacial score (nSPS) is 7.93. The molecule has 1 aromatic carbocycles. The molecule has 0 radical (unpaired) electrons. The van der Waals surface area contributed by atoms with Gasteiger partial charge in [-0.05, 0) is 25.7 Å². The summed E-state index contributed by atoms with van der Waals surface area (Å²) in [5, 5.41) is 37.0. The number of carboxylic acid groups (broad SMARTS) is 4. The summed E-state index contributed by atoms with van der Waals surface area (Å²) in [7, 11) is 0. The standard InChI is InChI=1S/C7H7.4C3H6O2.Sb/c1-7-5-3-2-4-6-7;4*1-2-3(4)5;/h2-6H,1H2;4*2H2,1H3,(H,4,5);/q;;;;;+4/p-4. The molecular weight excluding hydrogens is 478 g/mol. The predicted molar refractivity (Wildman–Crippen MR) is 97.1 cm³/mol. The van der Waals surface area contributed by atoms with E-state index in [1.54, 1.807) is 0 Å². The van der Waals surface area contributed by atoms with Crippen molar-refractivity contribution in [3.05, 3.63) is 35.9 Å². The van der Waals surface area contributed by atoms with E-state index in [-0.39, 0.29) is 25.7 Å². The Kier molecular flexibility index (Phi) is 32.5. The van der Waals surface area contributed by atoms with Gasteiger partial charge in [-0.2, -0.15) is 0 Å². The van der Waals surface area contributed by atoms with E-state index >= 15 is 0 Å². The monoisotopic (exact) mass is 504 g/mol. The van der Waals surface area contributed by atoms with Gasteiger partial charge < -0.3 is 39.6 Å². The zero-order chi connectivity index (χ0) is 23.0. The van der Waals surface area contributed by atoms with Gasteiger partial charge >= 0.3 is 63.3 Å². The van der Waals surface area contributed by atoms with Crippen LogP contribution >= 0.6 is 0 Å². The van der Waals surface area contributed by atoms with Crippen molar-refractivity contribution >= 4 is 46.9 Å². The summed E-state index contributed by atoms with van der Waals surface area (Å²) in [6.45, 7) is 6.15. The van der Waals surface area contributed by atoms with Crippen LogP contribution in [-0.2, 0) is 23.5 Å². The third kappa shape index (κ3) is 49.6. The molecular formula is C19H27O8Sb. The van der Waals surface area contributed by atoms with Crippen molar-refractivity contribution in [1.29, 1.82) is 0 Å². The van der Waals surface area contributed by atoms with Crippen LogP contribution in [0.15, 0.2) is 30.3 Å². The van der Waals surface area contributed by atoms with Crippen LogP contribution in [0.5, 0.6) is 0 Å². The molecule has 0 N–H and O–H groups in total. The van der Waals surface area contributed by atoms with Gasteiger partial charge in [-0.15, -0.1) is 0 Å². The zero-order valence-corrected chi connectivity index (χ0v) is 19.2. The minimum atomic E-state index is -0.995. The summed E-state index contributed by atoms with van der Waals surface area (Å²) in [4.78, 5) is 37.0. The molecule has 9 heteroatoms. The molecule has 1 rings (SSSR count). The molecule has 0 aliphatic carbocycles. The first-order chi connectivity index (χ1) is 13.0. The van der Waals surface area contributed by atoms with Crippen LogP contribution in [0.4, 0.5) is 0 Å². The second-order valence-corrected chi connectivity index (χ2v) is 5.45. The van der Waals surface area contributed by atoms with Crippen LogP contribution in [0.3, 0.4) is 0 Å². The maximum atomic E-state index is 9.26. The molecule has 0 saturated carbocycles. The van der Waals surface area contributed by atoms with Crippen LogP contribution in [0, 0.1) is 0 Å². The summed E-state index contributed by atoms with van der Waals surface area (Å²) in [6.07, 6.45) is 0.444. The van der Waals surface area contributed by atoms with Gasteiger partial charge in [0.1, 0.15) is 0 Å². The number of hydrogen-bond donors (Lipinski definition) is 0. The van der Waals surface area contributed by atoms with Gasteiger partial charge in [-0.1, -0.05) is 27.7 Å². The molecule has 0 unspecified atom stereocenters. The topological polar surface area (TPSA) is 161 Å². The molecule has 1 aromatic rings. The van der Waals surface area contributed by atoms with Crippen LogP contribution in [0.25, 0.3) is 0 Å². The first kappa shape index (κ1) is 33.5. The Balaban J connectivity index is -0.000000131. The molecule has 28 heavy (non-hydrogen) atoms. The van der Waals surface area contributed by atoms with E-state index in [1.165, 1.54) is 37.6 Å². The molecule has 8 nitrogen and oxygen atoms in total. The first-order valence-electron chi connectivity index (χ1n) is 8.46. The third-order valence-corrected chi connectivity index (χ3v) is 3.22. The number of benzene rings is 1. The van der Waals surface area contributed by atoms with Crippen molar-refractivity contribution in [3.63, 3.8) is 0 Å². The van der Waals surface area contributed by atoms with E-state index in [4.69, 9.17) is 0 Å². The van der Waals surface area contributed by atoms with Crippen LogP contribution < -0.4 is 20.4 Å². The van der Waals surface area contributed by atoms with Gasteiger partial charge in [0.25, 0.3) is 0 Å². The number of aliphatic carboxylic acids is 4. The number of carbonyl (C=O) groups excluding carboxylic acids is 4. The second kappa shape index (κ2) is 27.1. The Bertz CT molecular complexity index is 462. The first-order valence-corrected chi connectivity index (χ1v) is 10.3. The Hall–Kier alpha value is -2.08. The van der Waals surface area contributed by atoms with Crippen molar-refractivity contribution in [2.24, 2.45) is 0 Å². The molecule has 156 valence electrons. The molecule has 0 aliphatic rings. The molecule has 0 fully saturated rings. The second-order valence-electron chi connectivity index (χ2n) is 4.55. The average Bonchev–Trinajstić information content (AvgIpc) is 2.70. The van der Waals surface area contributed by atoms with Gasteiger partial charge in [0.2, 0.25) is 0 Å². The summed E-state index contributed by atoms with van der Waals surface area (Å²) in [5.74, 6) is -3.98. The fourth-order valence-electron chi connectivity index (χ4n) is 0.583. The summed E-state index contributed by atoms with van der Waals surface area (Å²) in [5.41, 5.74) is 1.43. The van der Waals surface area contributed by atoms with Gasteiger partial charge in [0, 0.05) is 23.9 Å². The van der Waals surface area contributed by atoms with Crippen LogP contribution in [0.2, 0.25) is 0 Å². The minimum absolute atomic E-state index is 0.111. The van der Waals surface area contributed by atoms with Gasteiger partial charge in [0.05, 0.1) is 0 Å². The Morgan fingerprint density at radius 2 is 0.857 bits per heavy atom. The summed E-state index contributed by atoms with van der Waals surface area (Å²) < 4.78 is 1.19. The van der Waals surface area contributed by atoms with Crippen molar-refractivity contribution in [2.45, 2.75) is 57.7 Å². The SMILES string of the molecule is CCC(=O)[O-].CCC(=O)[O-].CCC(=O)[O-].CCC(=O)[O-].[Sb+4][CH2]c1ccccc1. The Morgan fingerprint density at radius 3 is 0.964 bits per heavy atom. The van der Waals surface area contributed by atoms with Gasteiger partial charge in [-0.3, -0.25) is 0 Å². The molecule has 0 spiro atoms. The molecule has 0 saturated heterocycles. The molecule has 0 heterocycles. The number of rotatable bonds is 5.